The summed E-state index contributed by atoms with van der Waals surface area (Å²) in [6, 6.07) is 12.6. The minimum Gasteiger partial charge on any atom is -0.383 e. The van der Waals surface area contributed by atoms with Gasteiger partial charge in [0, 0.05) is 40.8 Å². The van der Waals surface area contributed by atoms with Crippen LogP contribution in [0.4, 0.5) is 5.82 Å². The lowest BCUT2D eigenvalue weighted by Gasteiger charge is -2.32. The van der Waals surface area contributed by atoms with Crippen LogP contribution in [-0.4, -0.2) is 48.8 Å². The summed E-state index contributed by atoms with van der Waals surface area (Å²) < 4.78 is 4.18. The second-order valence-electron chi connectivity index (χ2n) is 9.90. The molecule has 7 nitrogen and oxygen atoms in total. The van der Waals surface area contributed by atoms with Gasteiger partial charge < -0.3 is 15.2 Å². The number of rotatable bonds is 5. The van der Waals surface area contributed by atoms with E-state index >= 15 is 0 Å². The predicted molar refractivity (Wildman–Crippen MR) is 142 cm³/mol. The van der Waals surface area contributed by atoms with Crippen molar-refractivity contribution >= 4 is 40.4 Å². The van der Waals surface area contributed by atoms with Crippen LogP contribution >= 0.6 is 23.5 Å². The van der Waals surface area contributed by atoms with Crippen LogP contribution in [0.3, 0.4) is 0 Å². The van der Waals surface area contributed by atoms with Crippen LogP contribution in [0.25, 0.3) is 22.3 Å². The average molecular weight is 508 g/mol. The third-order valence-electron chi connectivity index (χ3n) is 7.73. The van der Waals surface area contributed by atoms with Crippen LogP contribution in [0.15, 0.2) is 53.7 Å². The number of benzene rings is 1. The van der Waals surface area contributed by atoms with E-state index in [9.17, 15) is 0 Å². The quantitative estimate of drug-likeness (QED) is 0.345. The molecule has 2 aliphatic rings. The highest BCUT2D eigenvalue weighted by atomic mass is 35.5. The Hall–Kier alpha value is -2.55. The van der Waals surface area contributed by atoms with E-state index in [0.717, 1.165) is 45.4 Å². The predicted octanol–water partition coefficient (Wildman–Crippen LogP) is 5.77. The molecule has 0 radical (unpaired) electrons. The summed E-state index contributed by atoms with van der Waals surface area (Å²) in [5.41, 5.74) is 9.04. The SMILES string of the molecule is CN1CCC(C2CCC(n3cc(-c4ccn(Sc5ccccc5)n4)c4c(N)nc(Cl)nc43)C2)CC1. The molecule has 9 heteroatoms. The molecule has 1 saturated heterocycles. The van der Waals surface area contributed by atoms with E-state index in [0.29, 0.717) is 11.9 Å². The molecule has 4 aromatic rings. The summed E-state index contributed by atoms with van der Waals surface area (Å²) in [5, 5.41) is 5.87. The fourth-order valence-electron chi connectivity index (χ4n) is 5.88. The van der Waals surface area contributed by atoms with Crippen molar-refractivity contribution in [3.63, 3.8) is 0 Å². The van der Waals surface area contributed by atoms with Crippen LogP contribution < -0.4 is 5.73 Å². The molecular formula is C26H30ClN7S. The Morgan fingerprint density at radius 1 is 1.00 bits per heavy atom. The normalized spacial score (nSPS) is 21.8. The molecule has 2 fully saturated rings. The minimum absolute atomic E-state index is 0.191. The molecule has 0 spiro atoms. The van der Waals surface area contributed by atoms with Crippen LogP contribution in [0.1, 0.15) is 38.1 Å². The summed E-state index contributed by atoms with van der Waals surface area (Å²) in [6.07, 6.45) is 10.4. The van der Waals surface area contributed by atoms with Gasteiger partial charge in [0.2, 0.25) is 5.28 Å². The van der Waals surface area contributed by atoms with Gasteiger partial charge >= 0.3 is 0 Å². The molecule has 1 aromatic carbocycles. The first-order chi connectivity index (χ1) is 17.0. The van der Waals surface area contributed by atoms with Crippen molar-refractivity contribution in [1.29, 1.82) is 0 Å². The van der Waals surface area contributed by atoms with Gasteiger partial charge in [0.1, 0.15) is 11.5 Å². The number of nitrogen functional groups attached to an aromatic ring is 1. The summed E-state index contributed by atoms with van der Waals surface area (Å²) in [4.78, 5) is 12.5. The topological polar surface area (TPSA) is 77.8 Å². The first kappa shape index (κ1) is 22.9. The Morgan fingerprint density at radius 2 is 1.80 bits per heavy atom. The second-order valence-corrected chi connectivity index (χ2v) is 11.3. The van der Waals surface area contributed by atoms with Crippen LogP contribution in [0.5, 0.6) is 0 Å². The molecule has 0 bridgehead atoms. The minimum atomic E-state index is 0.191. The molecule has 2 unspecified atom stereocenters. The third kappa shape index (κ3) is 4.55. The van der Waals surface area contributed by atoms with Gasteiger partial charge in [0.25, 0.3) is 0 Å². The Labute approximate surface area is 214 Å². The van der Waals surface area contributed by atoms with Crippen molar-refractivity contribution < 1.29 is 0 Å². The van der Waals surface area contributed by atoms with Crippen molar-refractivity contribution in [2.45, 2.75) is 43.0 Å². The number of hydrogen-bond donors (Lipinski definition) is 1. The van der Waals surface area contributed by atoms with E-state index in [2.05, 4.69) is 44.8 Å². The number of nitrogens with two attached hydrogens (primary N) is 1. The maximum Gasteiger partial charge on any atom is 0.226 e. The van der Waals surface area contributed by atoms with Crippen molar-refractivity contribution in [2.75, 3.05) is 25.9 Å². The highest BCUT2D eigenvalue weighted by Gasteiger charge is 2.34. The molecule has 1 aliphatic heterocycles. The van der Waals surface area contributed by atoms with E-state index < -0.39 is 0 Å². The van der Waals surface area contributed by atoms with E-state index in [4.69, 9.17) is 22.4 Å². The highest BCUT2D eigenvalue weighted by molar-refractivity contribution is 7.97. The van der Waals surface area contributed by atoms with Gasteiger partial charge in [-0.25, -0.2) is 9.07 Å². The van der Waals surface area contributed by atoms with Crippen LogP contribution in [-0.2, 0) is 0 Å². The lowest BCUT2D eigenvalue weighted by atomic mass is 9.83. The second kappa shape index (κ2) is 9.48. The lowest BCUT2D eigenvalue weighted by molar-refractivity contribution is 0.170. The van der Waals surface area contributed by atoms with Crippen molar-refractivity contribution in [1.82, 2.24) is 28.6 Å². The van der Waals surface area contributed by atoms with Gasteiger partial charge in [-0.05, 0) is 93.9 Å². The number of nitrogens with zero attached hydrogens (tertiary/aromatic N) is 6. The molecule has 0 amide bonds. The van der Waals surface area contributed by atoms with Crippen molar-refractivity contribution in [2.24, 2.45) is 11.8 Å². The lowest BCUT2D eigenvalue weighted by Crippen LogP contribution is -2.32. The summed E-state index contributed by atoms with van der Waals surface area (Å²) >= 11 is 7.85. The van der Waals surface area contributed by atoms with Gasteiger partial charge in [-0.15, -0.1) is 0 Å². The van der Waals surface area contributed by atoms with Gasteiger partial charge in [0.05, 0.1) is 11.1 Å². The maximum absolute atomic E-state index is 6.40. The Bertz CT molecular complexity index is 1330. The van der Waals surface area contributed by atoms with Crippen LogP contribution in [0.2, 0.25) is 5.28 Å². The van der Waals surface area contributed by atoms with E-state index in [1.807, 2.05) is 34.5 Å². The zero-order chi connectivity index (χ0) is 23.9. The number of hydrogen-bond acceptors (Lipinski definition) is 6. The van der Waals surface area contributed by atoms with E-state index in [1.54, 1.807) is 11.9 Å². The Morgan fingerprint density at radius 3 is 2.60 bits per heavy atom. The monoisotopic (exact) mass is 507 g/mol. The third-order valence-corrected chi connectivity index (χ3v) is 8.77. The van der Waals surface area contributed by atoms with Crippen molar-refractivity contribution in [3.8, 4) is 11.3 Å². The number of likely N-dealkylation sites (tertiary alicyclic amines) is 1. The molecule has 6 rings (SSSR count). The molecule has 1 saturated carbocycles. The smallest absolute Gasteiger partial charge is 0.226 e. The number of aromatic nitrogens is 5. The molecule has 35 heavy (non-hydrogen) atoms. The maximum atomic E-state index is 6.40. The molecule has 182 valence electrons. The molecule has 2 N–H and O–H groups in total. The zero-order valence-corrected chi connectivity index (χ0v) is 21.4. The fourth-order valence-corrected chi connectivity index (χ4v) is 6.80. The largest absolute Gasteiger partial charge is 0.383 e. The first-order valence-corrected chi connectivity index (χ1v) is 13.5. The molecule has 3 aromatic heterocycles. The number of halogens is 1. The fraction of sp³-hybridized carbons (Fsp3) is 0.423. The highest BCUT2D eigenvalue weighted by Crippen LogP contribution is 2.45. The summed E-state index contributed by atoms with van der Waals surface area (Å²) in [5.74, 6) is 2.00. The molecular weight excluding hydrogens is 478 g/mol. The number of piperidine rings is 1. The van der Waals surface area contributed by atoms with E-state index in [-0.39, 0.29) is 5.28 Å². The molecule has 2 atom stereocenters. The average Bonchev–Trinajstić information content (AvgIpc) is 3.59. The Kier molecular flexibility index (Phi) is 6.20. The molecule has 4 heterocycles. The number of anilines is 1. The van der Waals surface area contributed by atoms with Gasteiger partial charge in [0.15, 0.2) is 0 Å². The van der Waals surface area contributed by atoms with Crippen LogP contribution in [0, 0.1) is 11.8 Å². The van der Waals surface area contributed by atoms with Gasteiger partial charge in [-0.2, -0.15) is 10.1 Å². The summed E-state index contributed by atoms with van der Waals surface area (Å²) in [6.45, 7) is 2.43. The first-order valence-electron chi connectivity index (χ1n) is 12.4. The summed E-state index contributed by atoms with van der Waals surface area (Å²) in [7, 11) is 2.23. The molecule has 1 aliphatic carbocycles. The zero-order valence-electron chi connectivity index (χ0n) is 19.8. The standard InChI is InChI=1S/C26H30ClN7S/c1-32-12-9-17(10-13-32)18-7-8-19(15-18)33-16-21(23-24(28)29-26(27)30-25(23)33)22-11-14-34(31-22)35-20-5-3-2-4-6-20/h2-6,11,14,16-19H,7-10,12-13,15H2,1H3,(H2,28,29,30). The van der Waals surface area contributed by atoms with Crippen molar-refractivity contribution in [3.05, 3.63) is 54.1 Å². The Balaban J connectivity index is 1.32. The van der Waals surface area contributed by atoms with Gasteiger partial charge in [-0.1, -0.05) is 18.2 Å². The van der Waals surface area contributed by atoms with Gasteiger partial charge in [-0.3, -0.25) is 0 Å². The van der Waals surface area contributed by atoms with E-state index in [1.165, 1.54) is 38.8 Å². The number of fused-ring (bicyclic) bond motifs is 1.